The van der Waals surface area contributed by atoms with Crippen molar-refractivity contribution in [2.45, 2.75) is 18.6 Å². The maximum atomic E-state index is 11.4. The minimum atomic E-state index is -3.49. The second-order valence-electron chi connectivity index (χ2n) is 3.45. The van der Waals surface area contributed by atoms with Gasteiger partial charge in [0.15, 0.2) is 5.25 Å². The van der Waals surface area contributed by atoms with Crippen molar-refractivity contribution >= 4 is 10.0 Å². The Labute approximate surface area is 96.0 Å². The van der Waals surface area contributed by atoms with Crippen LogP contribution in [0.1, 0.15) is 12.5 Å². The zero-order chi connectivity index (χ0) is 12.0. The van der Waals surface area contributed by atoms with E-state index in [4.69, 9.17) is 5.26 Å². The summed E-state index contributed by atoms with van der Waals surface area (Å²) in [5.41, 5.74) is 1.06. The molecule has 0 saturated heterocycles. The summed E-state index contributed by atoms with van der Waals surface area (Å²) >= 11 is 0. The van der Waals surface area contributed by atoms with E-state index in [1.165, 1.54) is 6.92 Å². The molecule has 4 nitrogen and oxygen atoms in total. The van der Waals surface area contributed by atoms with Crippen molar-refractivity contribution in [3.63, 3.8) is 0 Å². The van der Waals surface area contributed by atoms with Crippen molar-refractivity contribution in [1.82, 2.24) is 4.72 Å². The third-order valence-electron chi connectivity index (χ3n) is 2.21. The second kappa shape index (κ2) is 5.64. The van der Waals surface area contributed by atoms with E-state index in [1.54, 1.807) is 6.07 Å². The molecule has 0 bridgehead atoms. The summed E-state index contributed by atoms with van der Waals surface area (Å²) in [6.45, 7) is 1.68. The summed E-state index contributed by atoms with van der Waals surface area (Å²) in [7, 11) is -3.49. The minimum absolute atomic E-state index is 0.318. The second-order valence-corrected chi connectivity index (χ2v) is 5.53. The minimum Gasteiger partial charge on any atom is -0.214 e. The molecule has 0 saturated carbocycles. The molecule has 0 heterocycles. The fraction of sp³-hybridized carbons (Fsp3) is 0.364. The van der Waals surface area contributed by atoms with E-state index in [0.717, 1.165) is 5.56 Å². The predicted octanol–water partition coefficient (Wildman–Crippen LogP) is 1.06. The van der Waals surface area contributed by atoms with Crippen molar-refractivity contribution < 1.29 is 8.42 Å². The summed E-state index contributed by atoms with van der Waals surface area (Å²) in [6, 6.07) is 11.3. The molecular formula is C11H14N2O2S. The molecular weight excluding hydrogens is 224 g/mol. The maximum Gasteiger partial charge on any atom is 0.227 e. The van der Waals surface area contributed by atoms with Gasteiger partial charge in [-0.25, -0.2) is 13.1 Å². The number of nitrogens with one attached hydrogen (secondary N) is 1. The smallest absolute Gasteiger partial charge is 0.214 e. The van der Waals surface area contributed by atoms with Crippen LogP contribution in [0.25, 0.3) is 0 Å². The zero-order valence-corrected chi connectivity index (χ0v) is 9.87. The molecule has 0 amide bonds. The molecule has 0 spiro atoms. The Kier molecular flexibility index (Phi) is 4.47. The van der Waals surface area contributed by atoms with Gasteiger partial charge in [0.05, 0.1) is 6.07 Å². The molecule has 1 unspecified atom stereocenters. The Morgan fingerprint density at radius 3 is 2.56 bits per heavy atom. The predicted molar refractivity (Wildman–Crippen MR) is 62.1 cm³/mol. The number of sulfonamides is 1. The van der Waals surface area contributed by atoms with Crippen LogP contribution in [0.5, 0.6) is 0 Å². The van der Waals surface area contributed by atoms with Crippen molar-refractivity contribution in [2.24, 2.45) is 0 Å². The Balaban J connectivity index is 2.46. The molecule has 1 atom stereocenters. The van der Waals surface area contributed by atoms with Crippen molar-refractivity contribution in [3.05, 3.63) is 35.9 Å². The zero-order valence-electron chi connectivity index (χ0n) is 9.05. The molecule has 0 radical (unpaired) electrons. The summed E-state index contributed by atoms with van der Waals surface area (Å²) in [4.78, 5) is 0. The highest BCUT2D eigenvalue weighted by atomic mass is 32.2. The molecule has 0 aliphatic carbocycles. The highest BCUT2D eigenvalue weighted by Crippen LogP contribution is 2.00. The van der Waals surface area contributed by atoms with Gasteiger partial charge < -0.3 is 0 Å². The molecule has 0 aliphatic rings. The number of hydrogen-bond donors (Lipinski definition) is 1. The van der Waals surface area contributed by atoms with Gasteiger partial charge in [0.25, 0.3) is 0 Å². The van der Waals surface area contributed by atoms with E-state index in [2.05, 4.69) is 4.72 Å². The number of benzene rings is 1. The van der Waals surface area contributed by atoms with Crippen LogP contribution in [0.3, 0.4) is 0 Å². The molecule has 0 fully saturated rings. The van der Waals surface area contributed by atoms with Gasteiger partial charge in [-0.15, -0.1) is 0 Å². The van der Waals surface area contributed by atoms with Crippen LogP contribution in [0.4, 0.5) is 0 Å². The molecule has 86 valence electrons. The van der Waals surface area contributed by atoms with Crippen LogP contribution < -0.4 is 4.72 Å². The van der Waals surface area contributed by atoms with Crippen LogP contribution in [0.15, 0.2) is 30.3 Å². The fourth-order valence-electron chi connectivity index (χ4n) is 1.18. The Morgan fingerprint density at radius 2 is 2.00 bits per heavy atom. The lowest BCUT2D eigenvalue weighted by molar-refractivity contribution is 0.577. The Hall–Kier alpha value is -1.38. The molecule has 0 aliphatic heterocycles. The van der Waals surface area contributed by atoms with Gasteiger partial charge in [-0.3, -0.25) is 0 Å². The van der Waals surface area contributed by atoms with Crippen LogP contribution in [-0.2, 0) is 16.4 Å². The highest BCUT2D eigenvalue weighted by Gasteiger charge is 2.18. The summed E-state index contributed by atoms with van der Waals surface area (Å²) < 4.78 is 25.2. The average molecular weight is 238 g/mol. The van der Waals surface area contributed by atoms with Gasteiger partial charge in [-0.1, -0.05) is 30.3 Å². The number of rotatable bonds is 5. The fourth-order valence-corrected chi connectivity index (χ4v) is 1.95. The monoisotopic (exact) mass is 238 g/mol. The van der Waals surface area contributed by atoms with E-state index < -0.39 is 15.3 Å². The normalized spacial score (nSPS) is 13.0. The molecule has 16 heavy (non-hydrogen) atoms. The van der Waals surface area contributed by atoms with Crippen LogP contribution in [0.2, 0.25) is 0 Å². The molecule has 1 aromatic carbocycles. The van der Waals surface area contributed by atoms with Gasteiger partial charge in [0.1, 0.15) is 0 Å². The van der Waals surface area contributed by atoms with Crippen molar-refractivity contribution in [2.75, 3.05) is 6.54 Å². The first kappa shape index (κ1) is 12.7. The first-order chi connectivity index (χ1) is 7.56. The largest absolute Gasteiger partial charge is 0.227 e. The van der Waals surface area contributed by atoms with E-state index in [0.29, 0.717) is 13.0 Å². The standard InChI is InChI=1S/C11H14N2O2S/c1-10(9-12)16(14,15)13-8-7-11-5-3-2-4-6-11/h2-6,10,13H,7-8H2,1H3. The summed E-state index contributed by atoms with van der Waals surface area (Å²) in [5, 5.41) is 7.51. The number of nitriles is 1. The lowest BCUT2D eigenvalue weighted by Gasteiger charge is -2.07. The van der Waals surface area contributed by atoms with Gasteiger partial charge in [-0.05, 0) is 18.9 Å². The lowest BCUT2D eigenvalue weighted by atomic mass is 10.2. The molecule has 1 aromatic rings. The van der Waals surface area contributed by atoms with Gasteiger partial charge in [0, 0.05) is 6.54 Å². The van der Waals surface area contributed by atoms with Gasteiger partial charge in [-0.2, -0.15) is 5.26 Å². The van der Waals surface area contributed by atoms with Crippen molar-refractivity contribution in [1.29, 1.82) is 5.26 Å². The van der Waals surface area contributed by atoms with Crippen LogP contribution in [-0.4, -0.2) is 20.2 Å². The SMILES string of the molecule is CC(C#N)S(=O)(=O)NCCc1ccccc1. The van der Waals surface area contributed by atoms with E-state index in [-0.39, 0.29) is 0 Å². The topological polar surface area (TPSA) is 70.0 Å². The maximum absolute atomic E-state index is 11.4. The first-order valence-electron chi connectivity index (χ1n) is 4.98. The highest BCUT2D eigenvalue weighted by molar-refractivity contribution is 7.90. The Bertz CT molecular complexity index is 463. The van der Waals surface area contributed by atoms with Gasteiger partial charge >= 0.3 is 0 Å². The quantitative estimate of drug-likeness (QED) is 0.834. The van der Waals surface area contributed by atoms with Crippen LogP contribution in [0, 0.1) is 11.3 Å². The lowest BCUT2D eigenvalue weighted by Crippen LogP contribution is -2.33. The van der Waals surface area contributed by atoms with E-state index in [9.17, 15) is 8.42 Å². The first-order valence-corrected chi connectivity index (χ1v) is 6.53. The summed E-state index contributed by atoms with van der Waals surface area (Å²) in [5.74, 6) is 0. The summed E-state index contributed by atoms with van der Waals surface area (Å²) in [6.07, 6.45) is 0.623. The van der Waals surface area contributed by atoms with Crippen LogP contribution >= 0.6 is 0 Å². The number of nitrogens with zero attached hydrogens (tertiary/aromatic N) is 1. The third kappa shape index (κ3) is 3.65. The average Bonchev–Trinajstić information content (AvgIpc) is 2.29. The Morgan fingerprint density at radius 1 is 1.38 bits per heavy atom. The third-order valence-corrected chi connectivity index (χ3v) is 3.85. The van der Waals surface area contributed by atoms with Crippen molar-refractivity contribution in [3.8, 4) is 6.07 Å². The van der Waals surface area contributed by atoms with E-state index >= 15 is 0 Å². The van der Waals surface area contributed by atoms with Gasteiger partial charge in [0.2, 0.25) is 10.0 Å². The number of hydrogen-bond acceptors (Lipinski definition) is 3. The molecule has 1 rings (SSSR count). The molecule has 5 heteroatoms. The molecule has 0 aromatic heterocycles. The molecule has 1 N–H and O–H groups in total. The van der Waals surface area contributed by atoms with E-state index in [1.807, 2.05) is 30.3 Å².